The largest absolute Gasteiger partial charge is 0.317 e. The van der Waals surface area contributed by atoms with Crippen molar-refractivity contribution in [1.29, 1.82) is 0 Å². The van der Waals surface area contributed by atoms with Gasteiger partial charge in [-0.15, -0.1) is 0 Å². The molecule has 0 spiro atoms. The van der Waals surface area contributed by atoms with Gasteiger partial charge in [-0.2, -0.15) is 0 Å². The quantitative estimate of drug-likeness (QED) is 0.854. The SMILES string of the molecule is CNC(C)CCS(=O)(=O)c1ccc(C)cc1. The first-order valence-corrected chi connectivity index (χ1v) is 7.07. The van der Waals surface area contributed by atoms with Crippen molar-refractivity contribution >= 4 is 9.84 Å². The van der Waals surface area contributed by atoms with Gasteiger partial charge in [0.1, 0.15) is 0 Å². The lowest BCUT2D eigenvalue weighted by Crippen LogP contribution is -2.24. The molecule has 1 atom stereocenters. The van der Waals surface area contributed by atoms with E-state index in [1.54, 1.807) is 12.1 Å². The number of hydrogen-bond donors (Lipinski definition) is 1. The van der Waals surface area contributed by atoms with E-state index in [1.807, 2.05) is 33.0 Å². The molecular formula is C12H19NO2S. The molecule has 0 aromatic heterocycles. The Hall–Kier alpha value is -0.870. The molecule has 1 unspecified atom stereocenters. The van der Waals surface area contributed by atoms with Gasteiger partial charge >= 0.3 is 0 Å². The third kappa shape index (κ3) is 3.61. The lowest BCUT2D eigenvalue weighted by Gasteiger charge is -2.10. The fraction of sp³-hybridized carbons (Fsp3) is 0.500. The molecule has 0 saturated carbocycles. The van der Waals surface area contributed by atoms with E-state index < -0.39 is 9.84 Å². The van der Waals surface area contributed by atoms with Crippen LogP contribution in [0.1, 0.15) is 18.9 Å². The minimum absolute atomic E-state index is 0.193. The third-order valence-corrected chi connectivity index (χ3v) is 4.46. The van der Waals surface area contributed by atoms with Gasteiger partial charge in [0, 0.05) is 6.04 Å². The maximum Gasteiger partial charge on any atom is 0.178 e. The Labute approximate surface area is 97.8 Å². The topological polar surface area (TPSA) is 46.2 Å². The maximum absolute atomic E-state index is 11.9. The van der Waals surface area contributed by atoms with Crippen molar-refractivity contribution in [2.45, 2.75) is 31.2 Å². The summed E-state index contributed by atoms with van der Waals surface area (Å²) >= 11 is 0. The molecule has 0 fully saturated rings. The van der Waals surface area contributed by atoms with E-state index in [0.29, 0.717) is 11.3 Å². The molecule has 0 aliphatic carbocycles. The van der Waals surface area contributed by atoms with Crippen LogP contribution in [0, 0.1) is 6.92 Å². The van der Waals surface area contributed by atoms with Crippen molar-refractivity contribution in [3.8, 4) is 0 Å². The van der Waals surface area contributed by atoms with Crippen LogP contribution in [0.3, 0.4) is 0 Å². The second-order valence-corrected chi connectivity index (χ2v) is 6.22. The summed E-state index contributed by atoms with van der Waals surface area (Å²) in [6, 6.07) is 7.23. The predicted octanol–water partition coefficient (Wildman–Crippen LogP) is 1.77. The molecule has 90 valence electrons. The standard InChI is InChI=1S/C12H19NO2S/c1-10-4-6-12(7-5-10)16(14,15)9-8-11(2)13-3/h4-7,11,13H,8-9H2,1-3H3. The number of nitrogens with one attached hydrogen (secondary N) is 1. The van der Waals surface area contributed by atoms with Gasteiger partial charge < -0.3 is 5.32 Å². The summed E-state index contributed by atoms with van der Waals surface area (Å²) in [7, 11) is -1.29. The second-order valence-electron chi connectivity index (χ2n) is 4.11. The lowest BCUT2D eigenvalue weighted by atomic mass is 10.2. The van der Waals surface area contributed by atoms with E-state index in [0.717, 1.165) is 5.56 Å². The van der Waals surface area contributed by atoms with Crippen molar-refractivity contribution in [2.75, 3.05) is 12.8 Å². The Bertz CT molecular complexity index is 423. The van der Waals surface area contributed by atoms with Gasteiger partial charge in [0.25, 0.3) is 0 Å². The summed E-state index contributed by atoms with van der Waals surface area (Å²) in [6.07, 6.45) is 0.632. The highest BCUT2D eigenvalue weighted by atomic mass is 32.2. The monoisotopic (exact) mass is 241 g/mol. The third-order valence-electron chi connectivity index (χ3n) is 2.69. The smallest absolute Gasteiger partial charge is 0.178 e. The van der Waals surface area contributed by atoms with Crippen molar-refractivity contribution in [1.82, 2.24) is 5.32 Å². The van der Waals surface area contributed by atoms with E-state index in [9.17, 15) is 8.42 Å². The molecule has 0 radical (unpaired) electrons. The van der Waals surface area contributed by atoms with Gasteiger partial charge in [-0.1, -0.05) is 17.7 Å². The Balaban J connectivity index is 2.74. The zero-order valence-corrected chi connectivity index (χ0v) is 10.8. The van der Waals surface area contributed by atoms with Crippen molar-refractivity contribution < 1.29 is 8.42 Å². The summed E-state index contributed by atoms with van der Waals surface area (Å²) in [4.78, 5) is 0.418. The molecule has 0 heterocycles. The first kappa shape index (κ1) is 13.2. The molecule has 1 aromatic carbocycles. The van der Waals surface area contributed by atoms with Crippen LogP contribution in [-0.4, -0.2) is 27.3 Å². The second kappa shape index (κ2) is 5.46. The molecule has 16 heavy (non-hydrogen) atoms. The number of aryl methyl sites for hydroxylation is 1. The molecule has 0 aliphatic heterocycles. The minimum Gasteiger partial charge on any atom is -0.317 e. The fourth-order valence-electron chi connectivity index (χ4n) is 1.34. The highest BCUT2D eigenvalue weighted by molar-refractivity contribution is 7.91. The van der Waals surface area contributed by atoms with Crippen LogP contribution < -0.4 is 5.32 Å². The summed E-state index contributed by atoms with van der Waals surface area (Å²) < 4.78 is 23.9. The molecule has 1 rings (SSSR count). The van der Waals surface area contributed by atoms with Gasteiger partial charge in [-0.25, -0.2) is 8.42 Å². The maximum atomic E-state index is 11.9. The van der Waals surface area contributed by atoms with Crippen LogP contribution in [0.2, 0.25) is 0 Å². The molecular weight excluding hydrogens is 222 g/mol. The summed E-state index contributed by atoms with van der Waals surface area (Å²) in [5, 5.41) is 3.03. The van der Waals surface area contributed by atoms with Gasteiger partial charge in [0.05, 0.1) is 10.6 Å². The van der Waals surface area contributed by atoms with Crippen LogP contribution in [0.4, 0.5) is 0 Å². The van der Waals surface area contributed by atoms with Crippen LogP contribution in [0.15, 0.2) is 29.2 Å². The number of rotatable bonds is 5. The van der Waals surface area contributed by atoms with Gasteiger partial charge in [-0.05, 0) is 39.4 Å². The van der Waals surface area contributed by atoms with Crippen LogP contribution in [0.5, 0.6) is 0 Å². The number of sulfone groups is 1. The van der Waals surface area contributed by atoms with E-state index in [4.69, 9.17) is 0 Å². The molecule has 0 aliphatic rings. The van der Waals surface area contributed by atoms with Gasteiger partial charge in [0.15, 0.2) is 9.84 Å². The fourth-order valence-corrected chi connectivity index (χ4v) is 2.79. The number of benzene rings is 1. The van der Waals surface area contributed by atoms with Crippen molar-refractivity contribution in [3.05, 3.63) is 29.8 Å². The summed E-state index contributed by atoms with van der Waals surface area (Å²) in [5.74, 6) is 0.193. The first-order valence-electron chi connectivity index (χ1n) is 5.42. The molecule has 4 heteroatoms. The highest BCUT2D eigenvalue weighted by Crippen LogP contribution is 2.13. The zero-order chi connectivity index (χ0) is 12.2. The molecule has 0 amide bonds. The van der Waals surface area contributed by atoms with E-state index in [2.05, 4.69) is 5.32 Å². The average molecular weight is 241 g/mol. The predicted molar refractivity (Wildman–Crippen MR) is 66.4 cm³/mol. The normalized spacial score (nSPS) is 13.7. The molecule has 0 saturated heterocycles. The van der Waals surface area contributed by atoms with E-state index in [1.165, 1.54) is 0 Å². The first-order chi connectivity index (χ1) is 7.45. The average Bonchev–Trinajstić information content (AvgIpc) is 2.26. The lowest BCUT2D eigenvalue weighted by molar-refractivity contribution is 0.565. The molecule has 1 N–H and O–H groups in total. The molecule has 1 aromatic rings. The zero-order valence-electron chi connectivity index (χ0n) is 10.0. The van der Waals surface area contributed by atoms with Crippen LogP contribution in [0.25, 0.3) is 0 Å². The Morgan fingerprint density at radius 2 is 1.81 bits per heavy atom. The Morgan fingerprint density at radius 3 is 2.31 bits per heavy atom. The van der Waals surface area contributed by atoms with Crippen molar-refractivity contribution in [2.24, 2.45) is 0 Å². The Kier molecular flexibility index (Phi) is 4.50. The van der Waals surface area contributed by atoms with Crippen molar-refractivity contribution in [3.63, 3.8) is 0 Å². The Morgan fingerprint density at radius 1 is 1.25 bits per heavy atom. The van der Waals surface area contributed by atoms with Crippen LogP contribution >= 0.6 is 0 Å². The highest BCUT2D eigenvalue weighted by Gasteiger charge is 2.14. The molecule has 3 nitrogen and oxygen atoms in total. The van der Waals surface area contributed by atoms with Gasteiger partial charge in [-0.3, -0.25) is 0 Å². The van der Waals surface area contributed by atoms with Crippen LogP contribution in [-0.2, 0) is 9.84 Å². The van der Waals surface area contributed by atoms with E-state index >= 15 is 0 Å². The number of hydrogen-bond acceptors (Lipinski definition) is 3. The summed E-state index contributed by atoms with van der Waals surface area (Å²) in [6.45, 7) is 3.92. The molecule has 0 bridgehead atoms. The van der Waals surface area contributed by atoms with E-state index in [-0.39, 0.29) is 11.8 Å². The van der Waals surface area contributed by atoms with Gasteiger partial charge in [0.2, 0.25) is 0 Å². The minimum atomic E-state index is -3.12. The summed E-state index contributed by atoms with van der Waals surface area (Å²) in [5.41, 5.74) is 1.07.